The van der Waals surface area contributed by atoms with E-state index in [1.165, 1.54) is 0 Å². The summed E-state index contributed by atoms with van der Waals surface area (Å²) in [7, 11) is 0. The highest BCUT2D eigenvalue weighted by Crippen LogP contribution is 2.17. The number of nitrogens with one attached hydrogen (secondary N) is 3. The summed E-state index contributed by atoms with van der Waals surface area (Å²) in [6.07, 6.45) is 0.719. The first-order valence-electron chi connectivity index (χ1n) is 10.7. The molecule has 0 aliphatic heterocycles. The smallest absolute Gasteiger partial charge is 0.253 e. The first kappa shape index (κ1) is 25.4. The zero-order chi connectivity index (χ0) is 23.5. The first-order valence-corrected chi connectivity index (χ1v) is 11.0. The van der Waals surface area contributed by atoms with Crippen molar-refractivity contribution in [3.05, 3.63) is 64.7 Å². The van der Waals surface area contributed by atoms with Crippen molar-refractivity contribution < 1.29 is 19.1 Å². The average Bonchev–Trinajstić information content (AvgIpc) is 2.77. The molecule has 2 aromatic rings. The van der Waals surface area contributed by atoms with Gasteiger partial charge in [0.15, 0.2) is 0 Å². The van der Waals surface area contributed by atoms with Crippen LogP contribution in [0.2, 0.25) is 5.02 Å². The number of hydrogen-bond acceptors (Lipinski definition) is 4. The number of carbonyl (C=O) groups excluding carboxylic acids is 3. The molecule has 0 saturated heterocycles. The second-order valence-corrected chi connectivity index (χ2v) is 7.96. The van der Waals surface area contributed by atoms with Crippen LogP contribution >= 0.6 is 11.6 Å². The van der Waals surface area contributed by atoms with Crippen molar-refractivity contribution in [2.24, 2.45) is 5.92 Å². The van der Waals surface area contributed by atoms with Gasteiger partial charge in [-0.25, -0.2) is 0 Å². The van der Waals surface area contributed by atoms with Gasteiger partial charge in [0.05, 0.1) is 10.6 Å². The Kier molecular flexibility index (Phi) is 10.2. The molecule has 7 nitrogen and oxygen atoms in total. The van der Waals surface area contributed by atoms with Crippen molar-refractivity contribution in [2.75, 3.05) is 25.1 Å². The molecule has 0 fully saturated rings. The van der Waals surface area contributed by atoms with E-state index < -0.39 is 11.9 Å². The minimum absolute atomic E-state index is 0.168. The van der Waals surface area contributed by atoms with Gasteiger partial charge in [0.2, 0.25) is 5.91 Å². The summed E-state index contributed by atoms with van der Waals surface area (Å²) in [5, 5.41) is 8.68. The van der Waals surface area contributed by atoms with Crippen molar-refractivity contribution >= 4 is 35.0 Å². The van der Waals surface area contributed by atoms with E-state index in [1.54, 1.807) is 48.5 Å². The summed E-state index contributed by atoms with van der Waals surface area (Å²) >= 11 is 6.09. The lowest BCUT2D eigenvalue weighted by Gasteiger charge is -2.22. The van der Waals surface area contributed by atoms with E-state index in [0.29, 0.717) is 41.6 Å². The van der Waals surface area contributed by atoms with E-state index >= 15 is 0 Å². The molecule has 8 heteroatoms. The van der Waals surface area contributed by atoms with Crippen LogP contribution in [0.3, 0.4) is 0 Å². The van der Waals surface area contributed by atoms with Gasteiger partial charge < -0.3 is 20.7 Å². The zero-order valence-electron chi connectivity index (χ0n) is 18.6. The molecule has 32 heavy (non-hydrogen) atoms. The summed E-state index contributed by atoms with van der Waals surface area (Å²) in [5.41, 5.74) is 1.20. The van der Waals surface area contributed by atoms with Gasteiger partial charge in [-0.2, -0.15) is 0 Å². The number of hydrogen-bond donors (Lipinski definition) is 3. The second kappa shape index (κ2) is 12.8. The first-order chi connectivity index (χ1) is 15.3. The summed E-state index contributed by atoms with van der Waals surface area (Å²) in [6, 6.07) is 12.5. The molecule has 1 unspecified atom stereocenters. The monoisotopic (exact) mass is 459 g/mol. The van der Waals surface area contributed by atoms with Gasteiger partial charge >= 0.3 is 0 Å². The van der Waals surface area contributed by atoms with E-state index in [0.717, 1.165) is 6.42 Å². The highest BCUT2D eigenvalue weighted by Gasteiger charge is 2.25. The molecule has 0 aromatic heterocycles. The van der Waals surface area contributed by atoms with Crippen LogP contribution in [0, 0.1) is 5.92 Å². The third kappa shape index (κ3) is 7.66. The molecule has 0 radical (unpaired) electrons. The van der Waals surface area contributed by atoms with E-state index in [9.17, 15) is 14.4 Å². The van der Waals surface area contributed by atoms with Gasteiger partial charge in [0.1, 0.15) is 6.04 Å². The Hall–Kier alpha value is -2.90. The van der Waals surface area contributed by atoms with Gasteiger partial charge in [0.25, 0.3) is 11.8 Å². The van der Waals surface area contributed by atoms with E-state index in [4.69, 9.17) is 16.3 Å². The minimum atomic E-state index is -0.783. The molecule has 0 spiro atoms. The molecule has 0 heterocycles. The fourth-order valence-electron chi connectivity index (χ4n) is 2.98. The highest BCUT2D eigenvalue weighted by molar-refractivity contribution is 6.33. The number of ether oxygens (including phenoxy) is 1. The maximum Gasteiger partial charge on any atom is 0.253 e. The zero-order valence-corrected chi connectivity index (χ0v) is 19.4. The fourth-order valence-corrected chi connectivity index (χ4v) is 3.20. The third-order valence-corrected chi connectivity index (χ3v) is 5.03. The largest absolute Gasteiger partial charge is 0.382 e. The normalized spacial score (nSPS) is 11.7. The summed E-state index contributed by atoms with van der Waals surface area (Å²) in [5.74, 6) is -1.21. The highest BCUT2D eigenvalue weighted by atomic mass is 35.5. The molecule has 1 atom stereocenters. The van der Waals surface area contributed by atoms with Gasteiger partial charge in [0, 0.05) is 31.0 Å². The van der Waals surface area contributed by atoms with Crippen LogP contribution in [-0.2, 0) is 9.53 Å². The number of halogens is 1. The summed E-state index contributed by atoms with van der Waals surface area (Å²) in [6.45, 7) is 7.32. The molecule has 0 bridgehead atoms. The second-order valence-electron chi connectivity index (χ2n) is 7.55. The Morgan fingerprint density at radius 3 is 2.47 bits per heavy atom. The Bertz CT molecular complexity index is 933. The van der Waals surface area contributed by atoms with Gasteiger partial charge in [-0.15, -0.1) is 0 Å². The van der Waals surface area contributed by atoms with Crippen LogP contribution in [-0.4, -0.2) is 43.5 Å². The van der Waals surface area contributed by atoms with Crippen LogP contribution in [0.15, 0.2) is 48.5 Å². The van der Waals surface area contributed by atoms with E-state index in [1.807, 2.05) is 20.8 Å². The van der Waals surface area contributed by atoms with Gasteiger partial charge in [-0.05, 0) is 49.6 Å². The van der Waals surface area contributed by atoms with Gasteiger partial charge in [-0.3, -0.25) is 14.4 Å². The number of benzene rings is 2. The molecular formula is C24H30ClN3O4. The molecule has 2 aromatic carbocycles. The average molecular weight is 460 g/mol. The lowest BCUT2D eigenvalue weighted by Crippen LogP contribution is -2.47. The van der Waals surface area contributed by atoms with Crippen molar-refractivity contribution in [1.82, 2.24) is 10.6 Å². The number of carbonyl (C=O) groups is 3. The molecule has 172 valence electrons. The van der Waals surface area contributed by atoms with Crippen molar-refractivity contribution in [1.29, 1.82) is 0 Å². The number of anilines is 1. The summed E-state index contributed by atoms with van der Waals surface area (Å²) in [4.78, 5) is 37.9. The SMILES string of the molecule is CCOCCCNC(=O)c1cccc(NC(=O)C(NC(=O)c2ccccc2Cl)C(C)C)c1. The molecule has 3 amide bonds. The Morgan fingerprint density at radius 1 is 1.03 bits per heavy atom. The Balaban J connectivity index is 2.01. The summed E-state index contributed by atoms with van der Waals surface area (Å²) < 4.78 is 5.25. The van der Waals surface area contributed by atoms with Crippen molar-refractivity contribution in [2.45, 2.75) is 33.2 Å². The predicted octanol–water partition coefficient (Wildman–Crippen LogP) is 3.89. The predicted molar refractivity (Wildman–Crippen MR) is 126 cm³/mol. The molecule has 0 saturated carbocycles. The minimum Gasteiger partial charge on any atom is -0.382 e. The fraction of sp³-hybridized carbons (Fsp3) is 0.375. The van der Waals surface area contributed by atoms with Crippen LogP contribution in [0.1, 0.15) is 47.9 Å². The van der Waals surface area contributed by atoms with Gasteiger partial charge in [-0.1, -0.05) is 43.6 Å². The number of amides is 3. The van der Waals surface area contributed by atoms with Crippen LogP contribution in [0.25, 0.3) is 0 Å². The maximum absolute atomic E-state index is 12.9. The van der Waals surface area contributed by atoms with Crippen molar-refractivity contribution in [3.8, 4) is 0 Å². The lowest BCUT2D eigenvalue weighted by molar-refractivity contribution is -0.118. The van der Waals surface area contributed by atoms with Crippen LogP contribution < -0.4 is 16.0 Å². The maximum atomic E-state index is 12.9. The lowest BCUT2D eigenvalue weighted by atomic mass is 10.0. The molecule has 0 aliphatic rings. The molecule has 2 rings (SSSR count). The molecule has 3 N–H and O–H groups in total. The standard InChI is InChI=1S/C24H30ClN3O4/c1-4-32-14-8-13-26-22(29)17-9-7-10-18(15-17)27-24(31)21(16(2)3)28-23(30)19-11-5-6-12-20(19)25/h5-7,9-12,15-16,21H,4,8,13-14H2,1-3H3,(H,26,29)(H,27,31)(H,28,30). The third-order valence-electron chi connectivity index (χ3n) is 4.70. The Morgan fingerprint density at radius 2 is 1.78 bits per heavy atom. The topological polar surface area (TPSA) is 96.5 Å². The quantitative estimate of drug-likeness (QED) is 0.444. The van der Waals surface area contributed by atoms with Crippen LogP contribution in [0.4, 0.5) is 5.69 Å². The Labute approximate surface area is 193 Å². The van der Waals surface area contributed by atoms with Crippen molar-refractivity contribution in [3.63, 3.8) is 0 Å². The van der Waals surface area contributed by atoms with E-state index in [2.05, 4.69) is 16.0 Å². The molecule has 0 aliphatic carbocycles. The van der Waals surface area contributed by atoms with Crippen LogP contribution in [0.5, 0.6) is 0 Å². The molecular weight excluding hydrogens is 430 g/mol. The van der Waals surface area contributed by atoms with E-state index in [-0.39, 0.29) is 17.7 Å². The number of rotatable bonds is 11.